The number of rotatable bonds is 9. The highest BCUT2D eigenvalue weighted by molar-refractivity contribution is 14.0. The molecule has 1 saturated heterocycles. The monoisotopic (exact) mass is 567 g/mol. The molecular weight excluding hydrogens is 533 g/mol. The first kappa shape index (κ1) is 26.9. The molecule has 1 amide bonds. The van der Waals surface area contributed by atoms with Gasteiger partial charge in [-0.05, 0) is 42.3 Å². The summed E-state index contributed by atoms with van der Waals surface area (Å²) in [7, 11) is 1.68. The average molecular weight is 567 g/mol. The second kappa shape index (κ2) is 14.0. The van der Waals surface area contributed by atoms with Crippen LogP contribution in [0.1, 0.15) is 34.5 Å². The molecule has 0 aromatic heterocycles. The predicted octanol–water partition coefficient (Wildman–Crippen LogP) is 2.54. The summed E-state index contributed by atoms with van der Waals surface area (Å²) in [6, 6.07) is 15.6. The number of aliphatic imine (C=N–C) groups is 1. The molecule has 2 aromatic carbocycles. The summed E-state index contributed by atoms with van der Waals surface area (Å²) in [5.41, 5.74) is 8.04. The van der Waals surface area contributed by atoms with E-state index in [-0.39, 0.29) is 30.0 Å². The van der Waals surface area contributed by atoms with E-state index in [1.165, 1.54) is 5.56 Å². The summed E-state index contributed by atoms with van der Waals surface area (Å²) in [5, 5.41) is 6.81. The first-order chi connectivity index (χ1) is 15.6. The smallest absolute Gasteiger partial charge is 0.248 e. The van der Waals surface area contributed by atoms with Gasteiger partial charge >= 0.3 is 0 Å². The van der Waals surface area contributed by atoms with Crippen LogP contribution in [0.15, 0.2) is 53.5 Å². The van der Waals surface area contributed by atoms with E-state index in [9.17, 15) is 4.79 Å². The molecule has 0 bridgehead atoms. The maximum absolute atomic E-state index is 11.3. The van der Waals surface area contributed by atoms with E-state index in [0.29, 0.717) is 18.7 Å². The fraction of sp³-hybridized carbons (Fsp3) is 0.417. The number of carbonyl (C=O) groups excluding carboxylic acids is 1. The number of primary amides is 1. The van der Waals surface area contributed by atoms with Crippen molar-refractivity contribution in [3.8, 4) is 5.75 Å². The Labute approximate surface area is 212 Å². The Bertz CT molecular complexity index is 884. The zero-order valence-electron chi connectivity index (χ0n) is 19.3. The normalized spacial score (nSPS) is 15.3. The summed E-state index contributed by atoms with van der Waals surface area (Å²) in [6.45, 7) is 7.26. The number of hydrogen-bond donors (Lipinski definition) is 3. The highest BCUT2D eigenvalue weighted by atomic mass is 127. The van der Waals surface area contributed by atoms with Crippen molar-refractivity contribution in [1.82, 2.24) is 15.5 Å². The van der Waals surface area contributed by atoms with E-state index < -0.39 is 5.91 Å². The zero-order chi connectivity index (χ0) is 22.8. The van der Waals surface area contributed by atoms with Gasteiger partial charge in [0.15, 0.2) is 5.96 Å². The Morgan fingerprint density at radius 2 is 1.79 bits per heavy atom. The van der Waals surface area contributed by atoms with E-state index >= 15 is 0 Å². The zero-order valence-corrected chi connectivity index (χ0v) is 21.6. The molecule has 1 aliphatic heterocycles. The molecule has 0 radical (unpaired) electrons. The fourth-order valence-corrected chi connectivity index (χ4v) is 3.65. The Hall–Kier alpha value is -2.37. The first-order valence-electron chi connectivity index (χ1n) is 11.0. The van der Waals surface area contributed by atoms with Gasteiger partial charge < -0.3 is 25.8 Å². The van der Waals surface area contributed by atoms with Crippen molar-refractivity contribution < 1.29 is 14.3 Å². The lowest BCUT2D eigenvalue weighted by molar-refractivity contribution is 0.0170. The molecule has 4 N–H and O–H groups in total. The van der Waals surface area contributed by atoms with Crippen molar-refractivity contribution in [3.05, 3.63) is 65.2 Å². The molecule has 2 aromatic rings. The number of nitrogens with two attached hydrogens (primary N) is 1. The number of methoxy groups -OCH3 is 1. The van der Waals surface area contributed by atoms with Crippen LogP contribution in [0, 0.1) is 0 Å². The van der Waals surface area contributed by atoms with Gasteiger partial charge in [0.1, 0.15) is 5.75 Å². The Morgan fingerprint density at radius 1 is 1.12 bits per heavy atom. The van der Waals surface area contributed by atoms with Crippen LogP contribution in [0.4, 0.5) is 0 Å². The number of hydrogen-bond acceptors (Lipinski definition) is 5. The van der Waals surface area contributed by atoms with Crippen molar-refractivity contribution >= 4 is 35.8 Å². The number of guanidine groups is 1. The molecule has 0 spiro atoms. The minimum Gasteiger partial charge on any atom is -0.497 e. The number of amides is 1. The molecule has 1 heterocycles. The Balaban J connectivity index is 0.00000385. The minimum absolute atomic E-state index is 0. The van der Waals surface area contributed by atoms with E-state index in [1.54, 1.807) is 19.2 Å². The lowest BCUT2D eigenvalue weighted by Gasteiger charge is -2.35. The molecule has 9 heteroatoms. The van der Waals surface area contributed by atoms with Crippen LogP contribution in [0.25, 0.3) is 0 Å². The predicted molar refractivity (Wildman–Crippen MR) is 141 cm³/mol. The van der Waals surface area contributed by atoms with Crippen molar-refractivity contribution in [2.24, 2.45) is 10.7 Å². The molecule has 1 unspecified atom stereocenters. The summed E-state index contributed by atoms with van der Waals surface area (Å²) in [5.74, 6) is 1.17. The standard InChI is InChI=1S/C24H33N5O3.HI/c1-3-26-24(27-16-18-4-6-20(7-5-18)23(25)30)28-17-22(29-12-14-32-15-13-29)19-8-10-21(31-2)11-9-19;/h4-11,22H,3,12-17H2,1-2H3,(H2,25,30)(H2,26,27,28);1H. The molecule has 0 saturated carbocycles. The van der Waals surface area contributed by atoms with Gasteiger partial charge in [-0.15, -0.1) is 24.0 Å². The summed E-state index contributed by atoms with van der Waals surface area (Å²) in [4.78, 5) is 18.4. The van der Waals surface area contributed by atoms with Crippen LogP contribution in [-0.4, -0.2) is 63.3 Å². The lowest BCUT2D eigenvalue weighted by Crippen LogP contribution is -2.46. The van der Waals surface area contributed by atoms with Gasteiger partial charge in [-0.3, -0.25) is 9.69 Å². The largest absolute Gasteiger partial charge is 0.497 e. The molecule has 0 aliphatic carbocycles. The van der Waals surface area contributed by atoms with Gasteiger partial charge in [0, 0.05) is 31.7 Å². The third-order valence-corrected chi connectivity index (χ3v) is 5.45. The fourth-order valence-electron chi connectivity index (χ4n) is 3.65. The molecule has 1 aliphatic rings. The van der Waals surface area contributed by atoms with Crippen molar-refractivity contribution in [2.75, 3.05) is 46.5 Å². The number of benzene rings is 2. The van der Waals surface area contributed by atoms with Gasteiger partial charge in [0.25, 0.3) is 0 Å². The average Bonchev–Trinajstić information content (AvgIpc) is 2.84. The maximum atomic E-state index is 11.3. The minimum atomic E-state index is -0.428. The molecule has 1 fully saturated rings. The van der Waals surface area contributed by atoms with E-state index in [4.69, 9.17) is 20.2 Å². The lowest BCUT2D eigenvalue weighted by atomic mass is 10.0. The van der Waals surface area contributed by atoms with Gasteiger partial charge in [-0.25, -0.2) is 4.99 Å². The molecule has 8 nitrogen and oxygen atoms in total. The molecule has 1 atom stereocenters. The number of carbonyl (C=O) groups is 1. The summed E-state index contributed by atoms with van der Waals surface area (Å²) in [6.07, 6.45) is 0. The van der Waals surface area contributed by atoms with Gasteiger partial charge in [-0.2, -0.15) is 0 Å². The van der Waals surface area contributed by atoms with E-state index in [1.807, 2.05) is 31.2 Å². The first-order valence-corrected chi connectivity index (χ1v) is 11.0. The topological polar surface area (TPSA) is 101 Å². The van der Waals surface area contributed by atoms with Gasteiger partial charge in [0.2, 0.25) is 5.91 Å². The van der Waals surface area contributed by atoms with Crippen LogP contribution in [-0.2, 0) is 11.3 Å². The van der Waals surface area contributed by atoms with Crippen LogP contribution in [0.5, 0.6) is 5.75 Å². The third-order valence-electron chi connectivity index (χ3n) is 5.45. The molecular formula is C24H34IN5O3. The molecule has 180 valence electrons. The Morgan fingerprint density at radius 3 is 2.36 bits per heavy atom. The molecule has 33 heavy (non-hydrogen) atoms. The highest BCUT2D eigenvalue weighted by Crippen LogP contribution is 2.23. The van der Waals surface area contributed by atoms with Crippen LogP contribution < -0.4 is 21.1 Å². The van der Waals surface area contributed by atoms with Crippen LogP contribution in [0.3, 0.4) is 0 Å². The van der Waals surface area contributed by atoms with E-state index in [0.717, 1.165) is 50.1 Å². The van der Waals surface area contributed by atoms with Gasteiger partial charge in [-0.1, -0.05) is 24.3 Å². The SMILES string of the molecule is CCNC(=NCc1ccc(C(N)=O)cc1)NCC(c1ccc(OC)cc1)N1CCOCC1.I. The quantitative estimate of drug-likeness (QED) is 0.245. The number of ether oxygens (including phenoxy) is 2. The second-order valence-electron chi connectivity index (χ2n) is 7.57. The summed E-state index contributed by atoms with van der Waals surface area (Å²) < 4.78 is 10.9. The number of nitrogens with zero attached hydrogens (tertiary/aromatic N) is 2. The molecule has 3 rings (SSSR count). The van der Waals surface area contributed by atoms with Crippen molar-refractivity contribution in [1.29, 1.82) is 0 Å². The third kappa shape index (κ3) is 8.17. The van der Waals surface area contributed by atoms with Crippen LogP contribution in [0.2, 0.25) is 0 Å². The second-order valence-corrected chi connectivity index (χ2v) is 7.57. The van der Waals surface area contributed by atoms with Gasteiger partial charge in [0.05, 0.1) is 32.9 Å². The van der Waals surface area contributed by atoms with Crippen molar-refractivity contribution in [2.45, 2.75) is 19.5 Å². The Kier molecular flexibility index (Phi) is 11.4. The number of morpholine rings is 1. The summed E-state index contributed by atoms with van der Waals surface area (Å²) >= 11 is 0. The number of nitrogens with one attached hydrogen (secondary N) is 2. The van der Waals surface area contributed by atoms with Crippen LogP contribution >= 0.6 is 24.0 Å². The highest BCUT2D eigenvalue weighted by Gasteiger charge is 2.23. The van der Waals surface area contributed by atoms with Crippen molar-refractivity contribution in [3.63, 3.8) is 0 Å². The van der Waals surface area contributed by atoms with E-state index in [2.05, 4.69) is 27.7 Å². The number of halogens is 1. The maximum Gasteiger partial charge on any atom is 0.248 e.